The van der Waals surface area contributed by atoms with Crippen molar-refractivity contribution in [3.8, 4) is 0 Å². The van der Waals surface area contributed by atoms with Crippen LogP contribution in [0.1, 0.15) is 13.8 Å². The Hall–Kier alpha value is -1.30. The number of alkyl halides is 11. The summed E-state index contributed by atoms with van der Waals surface area (Å²) in [5.74, 6) is -39.9. The van der Waals surface area contributed by atoms with Gasteiger partial charge in [0.25, 0.3) is 0 Å². The molecule has 13 heteroatoms. The van der Waals surface area contributed by atoms with Gasteiger partial charge in [-0.25, -0.2) is 9.18 Å². The summed E-state index contributed by atoms with van der Waals surface area (Å²) in [6.45, 7) is 1.51. The van der Waals surface area contributed by atoms with Gasteiger partial charge in [-0.15, -0.1) is 0 Å². The summed E-state index contributed by atoms with van der Waals surface area (Å²) in [6, 6.07) is 0. The van der Waals surface area contributed by atoms with Gasteiger partial charge in [0.05, 0.1) is 6.10 Å². The van der Waals surface area contributed by atoms with E-state index in [4.69, 9.17) is 0 Å². The van der Waals surface area contributed by atoms with E-state index in [9.17, 15) is 53.1 Å². The van der Waals surface area contributed by atoms with Crippen molar-refractivity contribution in [2.45, 2.75) is 55.2 Å². The zero-order valence-corrected chi connectivity index (χ0v) is 11.1. The highest BCUT2D eigenvalue weighted by atomic mass is 19.4. The number of ether oxygens (including phenoxy) is 1. The zero-order chi connectivity index (χ0) is 18.9. The Bertz CT molecular complexity index is 481. The lowest BCUT2D eigenvalue weighted by atomic mass is 9.72. The molecular weight excluding hydrogens is 361 g/mol. The second-order valence-electron chi connectivity index (χ2n) is 4.98. The van der Waals surface area contributed by atoms with Gasteiger partial charge in [-0.3, -0.25) is 0 Å². The number of esters is 1. The van der Waals surface area contributed by atoms with E-state index in [2.05, 4.69) is 4.74 Å². The lowest BCUT2D eigenvalue weighted by Gasteiger charge is -2.51. The van der Waals surface area contributed by atoms with Gasteiger partial charge >= 0.3 is 41.3 Å². The third-order valence-corrected chi connectivity index (χ3v) is 3.07. The van der Waals surface area contributed by atoms with Gasteiger partial charge in [-0.1, -0.05) is 0 Å². The zero-order valence-electron chi connectivity index (χ0n) is 11.1. The van der Waals surface area contributed by atoms with Crippen molar-refractivity contribution in [2.75, 3.05) is 0 Å². The van der Waals surface area contributed by atoms with Crippen molar-refractivity contribution in [1.82, 2.24) is 0 Å². The molecule has 0 aliphatic heterocycles. The quantitative estimate of drug-likeness (QED) is 0.547. The van der Waals surface area contributed by atoms with Gasteiger partial charge in [-0.05, 0) is 13.8 Å². The van der Waals surface area contributed by atoms with Crippen molar-refractivity contribution in [3.63, 3.8) is 0 Å². The average Bonchev–Trinajstić information content (AvgIpc) is 2.34. The van der Waals surface area contributed by atoms with E-state index in [0.717, 1.165) is 13.8 Å². The first-order chi connectivity index (χ1) is 9.84. The fraction of sp³-hybridized carbons (Fsp3) is 0.900. The highest BCUT2D eigenvalue weighted by Gasteiger charge is 3.03. The number of hydrogen-bond acceptors (Lipinski definition) is 2. The summed E-state index contributed by atoms with van der Waals surface area (Å²) in [6.07, 6.45) is -1.67. The van der Waals surface area contributed by atoms with E-state index >= 15 is 0 Å². The molecule has 2 nitrogen and oxygen atoms in total. The van der Waals surface area contributed by atoms with E-state index in [1.54, 1.807) is 0 Å². The summed E-state index contributed by atoms with van der Waals surface area (Å²) in [4.78, 5) is 11.1. The number of rotatable bonds is 2. The maximum Gasteiger partial charge on any atom is 0.384 e. The highest BCUT2D eigenvalue weighted by molar-refractivity contribution is 5.84. The minimum absolute atomic E-state index is 0.755. The molecule has 0 heterocycles. The fourth-order valence-corrected chi connectivity index (χ4v) is 1.77. The van der Waals surface area contributed by atoms with Crippen molar-refractivity contribution < 1.29 is 57.8 Å². The molecule has 0 saturated heterocycles. The molecule has 0 unspecified atom stereocenters. The van der Waals surface area contributed by atoms with Crippen molar-refractivity contribution in [2.24, 2.45) is 0 Å². The summed E-state index contributed by atoms with van der Waals surface area (Å²) in [5.41, 5.74) is -6.72. The number of halogens is 11. The van der Waals surface area contributed by atoms with Crippen LogP contribution in [0.5, 0.6) is 0 Å². The monoisotopic (exact) mass is 368 g/mol. The molecule has 0 spiro atoms. The molecule has 0 bridgehead atoms. The normalized spacial score (nSPS) is 29.1. The fourth-order valence-electron chi connectivity index (χ4n) is 1.77. The molecule has 1 aliphatic carbocycles. The molecule has 0 aromatic heterocycles. The van der Waals surface area contributed by atoms with E-state index < -0.39 is 47.4 Å². The van der Waals surface area contributed by atoms with Gasteiger partial charge in [0.15, 0.2) is 0 Å². The molecular formula is C10H7F11O2. The summed E-state index contributed by atoms with van der Waals surface area (Å²) in [5, 5.41) is 0. The Kier molecular flexibility index (Phi) is 3.97. The van der Waals surface area contributed by atoms with Crippen LogP contribution in [0.15, 0.2) is 0 Å². The molecule has 1 saturated carbocycles. The molecule has 23 heavy (non-hydrogen) atoms. The van der Waals surface area contributed by atoms with Gasteiger partial charge in [-0.2, -0.15) is 43.9 Å². The molecule has 0 atom stereocenters. The second kappa shape index (κ2) is 4.62. The lowest BCUT2D eigenvalue weighted by molar-refractivity contribution is -0.478. The minimum Gasteiger partial charge on any atom is -0.460 e. The van der Waals surface area contributed by atoms with E-state index in [-0.39, 0.29) is 0 Å². The predicted octanol–water partition coefficient (Wildman–Crippen LogP) is 3.84. The molecule has 0 amide bonds. The molecule has 1 fully saturated rings. The van der Waals surface area contributed by atoms with Crippen LogP contribution in [0.3, 0.4) is 0 Å². The van der Waals surface area contributed by atoms with Crippen LogP contribution in [0.2, 0.25) is 0 Å². The van der Waals surface area contributed by atoms with Crippen molar-refractivity contribution >= 4 is 5.97 Å². The van der Waals surface area contributed by atoms with E-state index in [1.807, 2.05) is 0 Å². The summed E-state index contributed by atoms with van der Waals surface area (Å²) in [7, 11) is 0. The molecule has 136 valence electrons. The molecule has 0 aromatic rings. The van der Waals surface area contributed by atoms with Gasteiger partial charge in [0.2, 0.25) is 0 Å². The van der Waals surface area contributed by atoms with Crippen LogP contribution in [0, 0.1) is 0 Å². The van der Waals surface area contributed by atoms with Crippen LogP contribution >= 0.6 is 0 Å². The first kappa shape index (κ1) is 19.7. The maximum atomic E-state index is 13.9. The predicted molar refractivity (Wildman–Crippen MR) is 49.8 cm³/mol. The largest absolute Gasteiger partial charge is 0.460 e. The smallest absolute Gasteiger partial charge is 0.384 e. The maximum absolute atomic E-state index is 13.9. The third-order valence-electron chi connectivity index (χ3n) is 3.07. The van der Waals surface area contributed by atoms with Crippen LogP contribution in [-0.4, -0.2) is 47.4 Å². The summed E-state index contributed by atoms with van der Waals surface area (Å²) >= 11 is 0. The Labute approximate surface area is 120 Å². The number of carbonyl (C=O) groups excluding carboxylic acids is 1. The van der Waals surface area contributed by atoms with Crippen LogP contribution in [0.4, 0.5) is 48.3 Å². The Balaban J connectivity index is 3.78. The topological polar surface area (TPSA) is 26.3 Å². The summed E-state index contributed by atoms with van der Waals surface area (Å²) < 4.78 is 149. The lowest BCUT2D eigenvalue weighted by Crippen LogP contribution is -2.85. The molecule has 1 aliphatic rings. The van der Waals surface area contributed by atoms with Crippen molar-refractivity contribution in [1.29, 1.82) is 0 Å². The average molecular weight is 368 g/mol. The second-order valence-corrected chi connectivity index (χ2v) is 4.98. The van der Waals surface area contributed by atoms with Crippen LogP contribution in [-0.2, 0) is 9.53 Å². The molecule has 0 radical (unpaired) electrons. The third kappa shape index (κ3) is 1.84. The standard InChI is InChI=1S/C10H7F11O2/c1-3(2)23-4(22)5(11)6(12,13)8(16,17)10(20,21)9(18,19)7(5,14)15/h3H,1-2H3. The number of carbonyl (C=O) groups is 1. The molecule has 1 rings (SSSR count). The van der Waals surface area contributed by atoms with Crippen molar-refractivity contribution in [3.05, 3.63) is 0 Å². The first-order valence-electron chi connectivity index (χ1n) is 5.63. The minimum atomic E-state index is -7.35. The first-order valence-corrected chi connectivity index (χ1v) is 5.63. The van der Waals surface area contributed by atoms with Crippen LogP contribution in [0.25, 0.3) is 0 Å². The van der Waals surface area contributed by atoms with E-state index in [1.165, 1.54) is 0 Å². The Morgan fingerprint density at radius 1 is 0.652 bits per heavy atom. The van der Waals surface area contributed by atoms with Gasteiger partial charge in [0, 0.05) is 0 Å². The molecule has 0 N–H and O–H groups in total. The van der Waals surface area contributed by atoms with Gasteiger partial charge < -0.3 is 4.74 Å². The van der Waals surface area contributed by atoms with Gasteiger partial charge in [0.1, 0.15) is 0 Å². The Morgan fingerprint density at radius 2 is 0.913 bits per heavy atom. The molecule has 0 aromatic carbocycles. The highest BCUT2D eigenvalue weighted by Crippen LogP contribution is 2.69. The van der Waals surface area contributed by atoms with Crippen LogP contribution < -0.4 is 0 Å². The van der Waals surface area contributed by atoms with E-state index in [0.29, 0.717) is 0 Å². The SMILES string of the molecule is CC(C)OC(=O)C1(F)C(F)(F)C(F)(F)C(F)(F)C(F)(F)C1(F)F. The number of hydrogen-bond donors (Lipinski definition) is 0. The Morgan fingerprint density at radius 3 is 1.17 bits per heavy atom.